The van der Waals surface area contributed by atoms with Crippen LogP contribution >= 0.6 is 0 Å². The van der Waals surface area contributed by atoms with Crippen LogP contribution in [0.2, 0.25) is 0 Å². The molecule has 0 saturated carbocycles. The lowest BCUT2D eigenvalue weighted by Gasteiger charge is -2.30. The summed E-state index contributed by atoms with van der Waals surface area (Å²) in [7, 11) is 0. The van der Waals surface area contributed by atoms with Gasteiger partial charge in [-0.15, -0.1) is 0 Å². The first-order valence-corrected chi connectivity index (χ1v) is 39.8. The monoisotopic (exact) mass is 1500 g/mol. The fraction of sp³-hybridized carbons (Fsp3) is 0.0642. The molecule has 0 aliphatic rings. The molecule has 0 saturated heterocycles. The van der Waals surface area contributed by atoms with Crippen LogP contribution in [0, 0.1) is 48.5 Å². The molecule has 17 aromatic rings. The van der Waals surface area contributed by atoms with E-state index in [-0.39, 0.29) is 0 Å². The Morgan fingerprint density at radius 3 is 0.457 bits per heavy atom. The summed E-state index contributed by atoms with van der Waals surface area (Å²) in [4.78, 5) is 16.3. The van der Waals surface area contributed by atoms with Crippen LogP contribution < -0.4 is 34.3 Å². The van der Waals surface area contributed by atoms with Crippen LogP contribution in [0.1, 0.15) is 38.9 Å². The summed E-state index contributed by atoms with van der Waals surface area (Å²) in [5.41, 5.74) is 34.0. The molecule has 0 atom stereocenters. The minimum absolute atomic E-state index is 1.06. The Balaban J connectivity index is 0.000000179. The molecule has 0 heterocycles. The zero-order valence-electron chi connectivity index (χ0n) is 66.7. The highest BCUT2D eigenvalue weighted by molar-refractivity contribution is 5.88. The molecule has 0 aliphatic carbocycles. The molecule has 564 valence electrons. The smallest absolute Gasteiger partial charge is 0.0466 e. The zero-order valence-corrected chi connectivity index (χ0v) is 66.7. The second-order valence-electron chi connectivity index (χ2n) is 29.7. The Morgan fingerprint density at radius 2 is 0.250 bits per heavy atom. The Morgan fingerprint density at radius 1 is 0.103 bits per heavy atom. The first-order valence-electron chi connectivity index (χ1n) is 39.8. The maximum absolute atomic E-state index is 2.36. The van der Waals surface area contributed by atoms with Gasteiger partial charge in [-0.3, -0.25) is 0 Å². The van der Waals surface area contributed by atoms with Gasteiger partial charge in [-0.25, -0.2) is 0 Å². The van der Waals surface area contributed by atoms with E-state index < -0.39 is 0 Å². The highest BCUT2D eigenvalue weighted by Gasteiger charge is 2.23. The van der Waals surface area contributed by atoms with Crippen LogP contribution in [0.15, 0.2) is 437 Å². The average molecular weight is 1500 g/mol. The Hall–Kier alpha value is -14.7. The van der Waals surface area contributed by atoms with Crippen LogP contribution in [0.25, 0.3) is 11.1 Å². The van der Waals surface area contributed by atoms with E-state index >= 15 is 0 Å². The van der Waals surface area contributed by atoms with Gasteiger partial charge in [0, 0.05) is 119 Å². The largest absolute Gasteiger partial charge is 0.311 e. The first kappa shape index (κ1) is 75.4. The van der Waals surface area contributed by atoms with Crippen molar-refractivity contribution in [2.45, 2.75) is 48.5 Å². The van der Waals surface area contributed by atoms with Crippen LogP contribution in [-0.4, -0.2) is 0 Å². The summed E-state index contributed by atoms with van der Waals surface area (Å²) in [6.45, 7) is 15.1. The van der Waals surface area contributed by atoms with Crippen molar-refractivity contribution in [3.8, 4) is 11.1 Å². The number of anilines is 21. The number of rotatable bonds is 22. The Labute approximate surface area is 684 Å². The summed E-state index contributed by atoms with van der Waals surface area (Å²) in [5.74, 6) is 0. The van der Waals surface area contributed by atoms with Gasteiger partial charge in [0.15, 0.2) is 0 Å². The number of para-hydroxylation sites is 4. The van der Waals surface area contributed by atoms with Crippen LogP contribution in [0.4, 0.5) is 119 Å². The molecule has 17 rings (SSSR count). The molecular formula is C109H93N7. The summed E-state index contributed by atoms with van der Waals surface area (Å²) >= 11 is 0. The molecule has 0 spiro atoms. The fourth-order valence-corrected chi connectivity index (χ4v) is 15.5. The van der Waals surface area contributed by atoms with Crippen molar-refractivity contribution in [1.29, 1.82) is 0 Å². The van der Waals surface area contributed by atoms with Gasteiger partial charge in [0.25, 0.3) is 0 Å². The molecule has 116 heavy (non-hydrogen) atoms. The number of hydrogen-bond donors (Lipinski definition) is 0. The normalized spacial score (nSPS) is 10.9. The maximum atomic E-state index is 2.36. The lowest BCUT2D eigenvalue weighted by molar-refractivity contribution is 1.22. The zero-order chi connectivity index (χ0) is 79.3. The van der Waals surface area contributed by atoms with E-state index in [0.717, 1.165) is 119 Å². The minimum atomic E-state index is 1.06. The van der Waals surface area contributed by atoms with Crippen molar-refractivity contribution in [3.05, 3.63) is 476 Å². The summed E-state index contributed by atoms with van der Waals surface area (Å²) < 4.78 is 0. The standard InChI is InChI=1S/C61H56N4.C48H37N3/c1-43-13-8-18-56(36-43)63(57-19-9-14-44(2)37-57)53-29-23-50(24-30-53)62(51-25-31-54(32-26-51)64(58-20-10-15-45(3)38-58)59-21-11-16-46(4)39-59)52-27-33-55(34-28-52)65(60-22-12-17-47(5)40-60)61-41-48(6)35-49(7)42-61;1-6-16-38(17-7-1)39-26-28-44(29-27-39)51(47-34-30-45(31-35-47)49(40-18-8-2-9-19-40)41-20-10-3-11-21-41)48-36-32-46(33-37-48)50(42-22-12-4-13-23-42)43-24-14-5-15-25-43/h8-42H,1-7H3;1-37H. The van der Waals surface area contributed by atoms with Crippen molar-refractivity contribution in [1.82, 2.24) is 0 Å². The van der Waals surface area contributed by atoms with Crippen molar-refractivity contribution >= 4 is 119 Å². The highest BCUT2D eigenvalue weighted by atomic mass is 15.2. The molecule has 7 nitrogen and oxygen atoms in total. The van der Waals surface area contributed by atoms with E-state index in [4.69, 9.17) is 0 Å². The molecule has 0 radical (unpaired) electrons. The molecule has 17 aromatic carbocycles. The van der Waals surface area contributed by atoms with E-state index in [0.29, 0.717) is 0 Å². The van der Waals surface area contributed by atoms with Gasteiger partial charge in [-0.1, -0.05) is 182 Å². The second-order valence-corrected chi connectivity index (χ2v) is 29.7. The molecule has 0 unspecified atom stereocenters. The lowest BCUT2D eigenvalue weighted by Crippen LogP contribution is -2.14. The van der Waals surface area contributed by atoms with Crippen LogP contribution in [-0.2, 0) is 0 Å². The van der Waals surface area contributed by atoms with Crippen molar-refractivity contribution in [2.24, 2.45) is 0 Å². The molecule has 7 heteroatoms. The molecule has 0 bridgehead atoms. The summed E-state index contributed by atoms with van der Waals surface area (Å²) in [6, 6.07) is 157. The van der Waals surface area contributed by atoms with E-state index in [1.807, 2.05) is 0 Å². The van der Waals surface area contributed by atoms with Crippen molar-refractivity contribution in [3.63, 3.8) is 0 Å². The SMILES string of the molecule is Cc1cccc(N(c2ccc(N(c3ccc(N(c4cccc(C)c4)c4cccc(C)c4)cc3)c3ccc(N(c4cccc(C)c4)c4cc(C)cc(C)c4)cc3)cc2)c2cccc(C)c2)c1.c1ccc(-c2ccc(N(c3ccc(N(c4ccccc4)c4ccccc4)cc3)c3ccc(N(c4ccccc4)c4ccccc4)cc3)cc2)cc1. The molecule has 0 aliphatic heterocycles. The van der Waals surface area contributed by atoms with Crippen LogP contribution in [0.3, 0.4) is 0 Å². The summed E-state index contributed by atoms with van der Waals surface area (Å²) in [5, 5.41) is 0. The highest BCUT2D eigenvalue weighted by Crippen LogP contribution is 2.47. The molecule has 0 fully saturated rings. The van der Waals surface area contributed by atoms with E-state index in [2.05, 4.69) is 520 Å². The molecular weight excluding hydrogens is 1410 g/mol. The fourth-order valence-electron chi connectivity index (χ4n) is 15.5. The third-order valence-electron chi connectivity index (χ3n) is 20.9. The predicted octanol–water partition coefficient (Wildman–Crippen LogP) is 31.5. The second kappa shape index (κ2) is 34.9. The molecule has 0 amide bonds. The van der Waals surface area contributed by atoms with E-state index in [1.54, 1.807) is 0 Å². The topological polar surface area (TPSA) is 22.7 Å². The van der Waals surface area contributed by atoms with Gasteiger partial charge in [0.1, 0.15) is 0 Å². The third kappa shape index (κ3) is 17.3. The number of nitrogens with zero attached hydrogens (tertiary/aromatic N) is 7. The Bertz CT molecular complexity index is 5630. The van der Waals surface area contributed by atoms with Gasteiger partial charge in [0.2, 0.25) is 0 Å². The quantitative estimate of drug-likeness (QED) is 0.0666. The van der Waals surface area contributed by atoms with Crippen LogP contribution in [0.5, 0.6) is 0 Å². The maximum Gasteiger partial charge on any atom is 0.0466 e. The number of hydrogen-bond acceptors (Lipinski definition) is 7. The third-order valence-corrected chi connectivity index (χ3v) is 20.9. The van der Waals surface area contributed by atoms with Gasteiger partial charge >= 0.3 is 0 Å². The van der Waals surface area contributed by atoms with Gasteiger partial charge in [0.05, 0.1) is 0 Å². The molecule has 0 aromatic heterocycles. The summed E-state index contributed by atoms with van der Waals surface area (Å²) in [6.07, 6.45) is 0. The molecule has 0 N–H and O–H groups in total. The number of aryl methyl sites for hydroxylation is 7. The van der Waals surface area contributed by atoms with Gasteiger partial charge in [-0.05, 0) is 353 Å². The van der Waals surface area contributed by atoms with Crippen molar-refractivity contribution < 1.29 is 0 Å². The average Bonchev–Trinajstić information content (AvgIpc) is 0.783. The van der Waals surface area contributed by atoms with Gasteiger partial charge in [-0.2, -0.15) is 0 Å². The van der Waals surface area contributed by atoms with Crippen molar-refractivity contribution in [2.75, 3.05) is 34.3 Å². The minimum Gasteiger partial charge on any atom is -0.311 e. The first-order chi connectivity index (χ1) is 56.9. The number of benzene rings is 17. The lowest BCUT2D eigenvalue weighted by atomic mass is 10.0. The Kier molecular flexibility index (Phi) is 22.7. The van der Waals surface area contributed by atoms with E-state index in [1.165, 1.54) is 50.1 Å². The van der Waals surface area contributed by atoms with Gasteiger partial charge < -0.3 is 34.3 Å². The van der Waals surface area contributed by atoms with E-state index in [9.17, 15) is 0 Å². The predicted molar refractivity (Wildman–Crippen MR) is 494 cm³/mol.